The van der Waals surface area contributed by atoms with Crippen molar-refractivity contribution < 1.29 is 19.1 Å². The minimum absolute atomic E-state index is 0.205. The van der Waals surface area contributed by atoms with Crippen molar-refractivity contribution in [3.05, 3.63) is 59.8 Å². The van der Waals surface area contributed by atoms with Crippen LogP contribution >= 0.6 is 0 Å². The number of ether oxygens (including phenoxy) is 2. The van der Waals surface area contributed by atoms with Crippen molar-refractivity contribution in [1.82, 2.24) is 9.88 Å². The largest absolute Gasteiger partial charge is 0.445 e. The molecular formula is C25H33N3O4. The number of amides is 2. The number of carbonyl (C=O) groups is 2. The second kappa shape index (κ2) is 10.5. The van der Waals surface area contributed by atoms with E-state index in [9.17, 15) is 9.59 Å². The number of carbonyl (C=O) groups excluding carboxylic acids is 2. The maximum Gasteiger partial charge on any atom is 0.416 e. The normalized spacial score (nSPS) is 16.0. The number of nitrogens with zero attached hydrogens (tertiary/aromatic N) is 3. The highest BCUT2D eigenvalue weighted by molar-refractivity contribution is 5.87. The van der Waals surface area contributed by atoms with Gasteiger partial charge in [-0.05, 0) is 51.7 Å². The fourth-order valence-electron chi connectivity index (χ4n) is 3.83. The summed E-state index contributed by atoms with van der Waals surface area (Å²) in [5.41, 5.74) is 1.16. The van der Waals surface area contributed by atoms with Crippen LogP contribution in [0.5, 0.6) is 0 Å². The van der Waals surface area contributed by atoms with E-state index in [0.29, 0.717) is 18.9 Å². The summed E-state index contributed by atoms with van der Waals surface area (Å²) >= 11 is 0. The lowest BCUT2D eigenvalue weighted by molar-refractivity contribution is 0.0578. The molecule has 1 aromatic carbocycles. The molecule has 32 heavy (non-hydrogen) atoms. The Kier molecular flexibility index (Phi) is 7.72. The van der Waals surface area contributed by atoms with Gasteiger partial charge in [0.05, 0.1) is 6.04 Å². The molecule has 0 unspecified atom stereocenters. The molecule has 1 atom stereocenters. The van der Waals surface area contributed by atoms with Crippen LogP contribution in [0.3, 0.4) is 0 Å². The summed E-state index contributed by atoms with van der Waals surface area (Å²) in [6.07, 6.45) is 3.27. The minimum Gasteiger partial charge on any atom is -0.445 e. The quantitative estimate of drug-likeness (QED) is 0.577. The molecule has 172 valence electrons. The molecule has 2 amide bonds. The number of aromatic nitrogens is 1. The zero-order chi connectivity index (χ0) is 23.1. The van der Waals surface area contributed by atoms with Gasteiger partial charge >= 0.3 is 12.2 Å². The predicted molar refractivity (Wildman–Crippen MR) is 123 cm³/mol. The summed E-state index contributed by atoms with van der Waals surface area (Å²) in [6.45, 7) is 8.84. The maximum atomic E-state index is 12.9. The topological polar surface area (TPSA) is 72.0 Å². The predicted octanol–water partition coefficient (Wildman–Crippen LogP) is 5.71. The third kappa shape index (κ3) is 5.99. The highest BCUT2D eigenvalue weighted by atomic mass is 16.6. The summed E-state index contributed by atoms with van der Waals surface area (Å²) < 4.78 is 11.2. The van der Waals surface area contributed by atoms with Crippen LogP contribution in [0.25, 0.3) is 0 Å². The van der Waals surface area contributed by atoms with Gasteiger partial charge in [0.1, 0.15) is 18.0 Å². The second-order valence-corrected chi connectivity index (χ2v) is 8.94. The molecule has 1 aliphatic heterocycles. The first kappa shape index (κ1) is 23.6. The van der Waals surface area contributed by atoms with E-state index in [1.165, 1.54) is 0 Å². The van der Waals surface area contributed by atoms with E-state index in [1.807, 2.05) is 70.2 Å². The van der Waals surface area contributed by atoms with Gasteiger partial charge in [0.2, 0.25) is 0 Å². The van der Waals surface area contributed by atoms with Crippen LogP contribution < -0.4 is 4.90 Å². The molecular weight excluding hydrogens is 406 g/mol. The van der Waals surface area contributed by atoms with Gasteiger partial charge in [-0.3, -0.25) is 4.90 Å². The maximum absolute atomic E-state index is 12.9. The summed E-state index contributed by atoms with van der Waals surface area (Å²) in [7, 11) is 0. The zero-order valence-corrected chi connectivity index (χ0v) is 19.4. The highest BCUT2D eigenvalue weighted by Crippen LogP contribution is 2.37. The van der Waals surface area contributed by atoms with Gasteiger partial charge in [0.15, 0.2) is 0 Å². The molecule has 0 bridgehead atoms. The summed E-state index contributed by atoms with van der Waals surface area (Å²) in [6, 6.07) is 13.2. The lowest BCUT2D eigenvalue weighted by Gasteiger charge is -2.30. The molecule has 1 aliphatic rings. The van der Waals surface area contributed by atoms with E-state index in [0.717, 1.165) is 30.4 Å². The van der Waals surface area contributed by atoms with E-state index >= 15 is 0 Å². The molecule has 7 heteroatoms. The van der Waals surface area contributed by atoms with E-state index in [4.69, 9.17) is 9.47 Å². The molecule has 0 N–H and O–H groups in total. The van der Waals surface area contributed by atoms with Crippen molar-refractivity contribution in [2.45, 2.75) is 65.2 Å². The SMILES string of the molecule is CCCN(C(=O)OC(C)(C)C)c1ncccc1[C@H]1CCCN1C(=O)OCc1ccccc1. The van der Waals surface area contributed by atoms with Crippen molar-refractivity contribution in [1.29, 1.82) is 0 Å². The van der Waals surface area contributed by atoms with Crippen LogP contribution in [0.15, 0.2) is 48.7 Å². The Hall–Kier alpha value is -3.09. The van der Waals surface area contributed by atoms with E-state index in [2.05, 4.69) is 4.98 Å². The van der Waals surface area contributed by atoms with Gasteiger partial charge in [0.25, 0.3) is 0 Å². The van der Waals surface area contributed by atoms with Gasteiger partial charge < -0.3 is 14.4 Å². The Balaban J connectivity index is 1.82. The molecule has 2 aromatic rings. The Morgan fingerprint density at radius 1 is 1.16 bits per heavy atom. The zero-order valence-electron chi connectivity index (χ0n) is 19.4. The first-order chi connectivity index (χ1) is 15.3. The van der Waals surface area contributed by atoms with Crippen LogP contribution in [0, 0.1) is 0 Å². The Labute approximate surface area is 190 Å². The fourth-order valence-corrected chi connectivity index (χ4v) is 3.83. The van der Waals surface area contributed by atoms with Gasteiger partial charge in [-0.15, -0.1) is 0 Å². The van der Waals surface area contributed by atoms with Crippen molar-refractivity contribution >= 4 is 18.0 Å². The molecule has 0 radical (unpaired) electrons. The van der Waals surface area contributed by atoms with Crippen LogP contribution in [-0.4, -0.2) is 40.8 Å². The highest BCUT2D eigenvalue weighted by Gasteiger charge is 2.35. The smallest absolute Gasteiger partial charge is 0.416 e. The van der Waals surface area contributed by atoms with Crippen LogP contribution in [0.1, 0.15) is 64.1 Å². The van der Waals surface area contributed by atoms with Crippen molar-refractivity contribution in [3.63, 3.8) is 0 Å². The minimum atomic E-state index is -0.612. The third-order valence-corrected chi connectivity index (χ3v) is 5.19. The van der Waals surface area contributed by atoms with E-state index < -0.39 is 11.7 Å². The summed E-state index contributed by atoms with van der Waals surface area (Å²) in [5.74, 6) is 0.538. The van der Waals surface area contributed by atoms with Gasteiger partial charge in [0, 0.05) is 24.8 Å². The summed E-state index contributed by atoms with van der Waals surface area (Å²) in [4.78, 5) is 33.7. The number of pyridine rings is 1. The van der Waals surface area contributed by atoms with Crippen LogP contribution in [0.2, 0.25) is 0 Å². The second-order valence-electron chi connectivity index (χ2n) is 8.94. The molecule has 0 spiro atoms. The van der Waals surface area contributed by atoms with Gasteiger partial charge in [-0.2, -0.15) is 0 Å². The number of hydrogen-bond donors (Lipinski definition) is 0. The van der Waals surface area contributed by atoms with Crippen LogP contribution in [0.4, 0.5) is 15.4 Å². The number of hydrogen-bond acceptors (Lipinski definition) is 5. The molecule has 7 nitrogen and oxygen atoms in total. The number of rotatable bonds is 6. The number of anilines is 1. The first-order valence-corrected chi connectivity index (χ1v) is 11.2. The van der Waals surface area contributed by atoms with Gasteiger partial charge in [-0.1, -0.05) is 43.3 Å². The first-order valence-electron chi connectivity index (χ1n) is 11.2. The molecule has 1 aromatic heterocycles. The third-order valence-electron chi connectivity index (χ3n) is 5.19. The molecule has 3 rings (SSSR count). The van der Waals surface area contributed by atoms with Crippen molar-refractivity contribution in [3.8, 4) is 0 Å². The Morgan fingerprint density at radius 2 is 1.91 bits per heavy atom. The average Bonchev–Trinajstić information content (AvgIpc) is 3.25. The van der Waals surface area contributed by atoms with Crippen molar-refractivity contribution in [2.75, 3.05) is 18.0 Å². The standard InChI is InChI=1S/C25H33N3O4/c1-5-16-28(24(30)32-25(2,3)4)22-20(13-9-15-26-22)21-14-10-17-27(21)23(29)31-18-19-11-7-6-8-12-19/h6-9,11-13,15,21H,5,10,14,16-18H2,1-4H3/t21-/m1/s1. The Bertz CT molecular complexity index is 911. The summed E-state index contributed by atoms with van der Waals surface area (Å²) in [5, 5.41) is 0. The van der Waals surface area contributed by atoms with E-state index in [-0.39, 0.29) is 18.7 Å². The lowest BCUT2D eigenvalue weighted by atomic mass is 10.0. The number of likely N-dealkylation sites (tertiary alicyclic amines) is 1. The lowest BCUT2D eigenvalue weighted by Crippen LogP contribution is -2.39. The van der Waals surface area contributed by atoms with Crippen molar-refractivity contribution in [2.24, 2.45) is 0 Å². The fraction of sp³-hybridized carbons (Fsp3) is 0.480. The van der Waals surface area contributed by atoms with E-state index in [1.54, 1.807) is 16.0 Å². The molecule has 1 fully saturated rings. The molecule has 0 aliphatic carbocycles. The van der Waals surface area contributed by atoms with Crippen LogP contribution in [-0.2, 0) is 16.1 Å². The van der Waals surface area contributed by atoms with Gasteiger partial charge in [-0.25, -0.2) is 14.6 Å². The molecule has 2 heterocycles. The number of benzene rings is 1. The Morgan fingerprint density at radius 3 is 2.59 bits per heavy atom. The monoisotopic (exact) mass is 439 g/mol. The molecule has 0 saturated carbocycles. The average molecular weight is 440 g/mol. The molecule has 1 saturated heterocycles.